The molecule has 0 aliphatic carbocycles. The molecule has 28 heavy (non-hydrogen) atoms. The second kappa shape index (κ2) is 7.95. The lowest BCUT2D eigenvalue weighted by Gasteiger charge is -2.07. The Bertz CT molecular complexity index is 1130. The number of fused-ring (bicyclic) bond motifs is 1. The molecule has 0 saturated carbocycles. The number of rotatable bonds is 5. The van der Waals surface area contributed by atoms with Crippen molar-refractivity contribution in [1.29, 1.82) is 0 Å². The summed E-state index contributed by atoms with van der Waals surface area (Å²) in [7, 11) is 0. The average Bonchev–Trinajstić information content (AvgIpc) is 3.08. The fourth-order valence-electron chi connectivity index (χ4n) is 2.70. The van der Waals surface area contributed by atoms with Gasteiger partial charge >= 0.3 is 0 Å². The van der Waals surface area contributed by atoms with Crippen LogP contribution in [-0.4, -0.2) is 19.9 Å². The third-order valence-electron chi connectivity index (χ3n) is 4.03. The normalized spacial score (nSPS) is 11.1. The lowest BCUT2D eigenvalue weighted by atomic mass is 10.1. The number of nitrogens with zero attached hydrogens (tertiary/aromatic N) is 4. The van der Waals surface area contributed by atoms with Gasteiger partial charge in [0.25, 0.3) is 0 Å². The number of anilines is 2. The van der Waals surface area contributed by atoms with Gasteiger partial charge in [0.1, 0.15) is 27.9 Å². The van der Waals surface area contributed by atoms with Crippen LogP contribution in [0.4, 0.5) is 15.9 Å². The lowest BCUT2D eigenvalue weighted by molar-refractivity contribution is 0.476. The summed E-state index contributed by atoms with van der Waals surface area (Å²) < 4.78 is 12.7. The Morgan fingerprint density at radius 2 is 1.86 bits per heavy atom. The van der Waals surface area contributed by atoms with Crippen molar-refractivity contribution in [2.75, 3.05) is 5.32 Å². The minimum atomic E-state index is -0.600. The van der Waals surface area contributed by atoms with Gasteiger partial charge in [0, 0.05) is 16.5 Å². The predicted octanol–water partition coefficient (Wildman–Crippen LogP) is 5.90. The summed E-state index contributed by atoms with van der Waals surface area (Å²) in [5.74, 6) is 1.19. The van der Waals surface area contributed by atoms with Crippen LogP contribution >= 0.6 is 34.5 Å². The molecule has 0 fully saturated rings. The number of hydrogen-bond donors (Lipinski definition) is 1. The van der Waals surface area contributed by atoms with Crippen molar-refractivity contribution >= 4 is 56.4 Å². The largest absolute Gasteiger partial charge is 0.337 e. The molecule has 0 atom stereocenters. The summed E-state index contributed by atoms with van der Waals surface area (Å²) in [5, 5.41) is 5.23. The number of aromatic nitrogens is 4. The Labute approximate surface area is 174 Å². The summed E-state index contributed by atoms with van der Waals surface area (Å²) in [4.78, 5) is 18.5. The Kier molecular flexibility index (Phi) is 5.39. The number of alkyl halides is 1. The van der Waals surface area contributed by atoms with E-state index in [1.807, 2.05) is 13.0 Å². The van der Waals surface area contributed by atoms with E-state index in [4.69, 9.17) is 28.2 Å². The smallest absolute Gasteiger partial charge is 0.161 e. The molecule has 4 rings (SSSR count). The number of nitrogens with one attached hydrogen (secondary N) is 1. The van der Waals surface area contributed by atoms with Crippen molar-refractivity contribution < 1.29 is 4.39 Å². The van der Waals surface area contributed by atoms with Crippen molar-refractivity contribution in [2.45, 2.75) is 20.0 Å². The van der Waals surface area contributed by atoms with Crippen molar-refractivity contribution in [3.05, 3.63) is 68.7 Å². The fourth-order valence-corrected chi connectivity index (χ4v) is 4.23. The number of halogens is 3. The summed E-state index contributed by atoms with van der Waals surface area (Å²) in [6.07, 6.45) is 2.07. The van der Waals surface area contributed by atoms with Gasteiger partial charge in [0.2, 0.25) is 0 Å². The van der Waals surface area contributed by atoms with E-state index in [2.05, 4.69) is 20.3 Å². The van der Waals surface area contributed by atoms with Gasteiger partial charge in [-0.25, -0.2) is 19.3 Å². The molecule has 3 heterocycles. The van der Waals surface area contributed by atoms with Crippen molar-refractivity contribution in [3.8, 4) is 0 Å². The Morgan fingerprint density at radius 1 is 1.07 bits per heavy atom. The molecule has 5 nitrogen and oxygen atoms in total. The number of benzene rings is 1. The molecule has 0 saturated heterocycles. The maximum atomic E-state index is 12.7. The zero-order chi connectivity index (χ0) is 19.7. The Morgan fingerprint density at radius 3 is 2.54 bits per heavy atom. The minimum Gasteiger partial charge on any atom is -0.337 e. The van der Waals surface area contributed by atoms with Crippen LogP contribution in [0.15, 0.2) is 36.5 Å². The third kappa shape index (κ3) is 3.92. The molecular weight excluding hydrogens is 420 g/mol. The molecule has 0 aliphatic heterocycles. The van der Waals surface area contributed by atoms with Crippen molar-refractivity contribution in [3.63, 3.8) is 0 Å². The van der Waals surface area contributed by atoms with Crippen LogP contribution in [-0.2, 0) is 13.1 Å². The Hall–Kier alpha value is -2.35. The molecule has 0 spiro atoms. The number of thiazole rings is 1. The van der Waals surface area contributed by atoms with Crippen LogP contribution in [0.3, 0.4) is 0 Å². The molecule has 0 aliphatic rings. The van der Waals surface area contributed by atoms with Crippen LogP contribution < -0.4 is 5.32 Å². The van der Waals surface area contributed by atoms with Crippen LogP contribution in [0.25, 0.3) is 10.3 Å². The van der Waals surface area contributed by atoms with Crippen LogP contribution in [0.2, 0.25) is 10.0 Å². The first kappa shape index (κ1) is 19.0. The van der Waals surface area contributed by atoms with Gasteiger partial charge in [-0.05, 0) is 36.8 Å². The molecular formula is C19H14Cl2FN5S. The SMILES string of the molecule is Cc1nc(Nc2ccc(CF)nc2)c2nc(Cc3c(Cl)cccc3Cl)sc2n1. The molecule has 0 bridgehead atoms. The first-order valence-electron chi connectivity index (χ1n) is 8.38. The zero-order valence-corrected chi connectivity index (χ0v) is 17.0. The molecule has 1 aromatic carbocycles. The van der Waals surface area contributed by atoms with Gasteiger partial charge in [-0.2, -0.15) is 0 Å². The average molecular weight is 434 g/mol. The van der Waals surface area contributed by atoms with Gasteiger partial charge in [-0.15, -0.1) is 0 Å². The summed E-state index contributed by atoms with van der Waals surface area (Å²) in [5.41, 5.74) is 2.56. The lowest BCUT2D eigenvalue weighted by Crippen LogP contribution is -1.99. The van der Waals surface area contributed by atoms with Gasteiger partial charge in [0.05, 0.1) is 17.6 Å². The van der Waals surface area contributed by atoms with E-state index in [9.17, 15) is 4.39 Å². The van der Waals surface area contributed by atoms with E-state index in [-0.39, 0.29) is 0 Å². The summed E-state index contributed by atoms with van der Waals surface area (Å²) >= 11 is 14.0. The molecule has 0 unspecified atom stereocenters. The first-order valence-corrected chi connectivity index (χ1v) is 9.95. The van der Waals surface area contributed by atoms with Gasteiger partial charge in [-0.3, -0.25) is 4.98 Å². The van der Waals surface area contributed by atoms with E-state index >= 15 is 0 Å². The van der Waals surface area contributed by atoms with E-state index in [1.165, 1.54) is 11.3 Å². The second-order valence-corrected chi connectivity index (χ2v) is 7.93. The second-order valence-electron chi connectivity index (χ2n) is 6.05. The monoisotopic (exact) mass is 433 g/mol. The standard InChI is InChI=1S/C19H14Cl2FN5S/c1-10-24-18(26-12-6-5-11(8-22)23-9-12)17-19(25-10)28-16(27-17)7-13-14(20)3-2-4-15(13)21/h2-6,9H,7-8H2,1H3,(H,24,25,26). The molecule has 3 aromatic heterocycles. The number of aryl methyl sites for hydroxylation is 1. The van der Waals surface area contributed by atoms with Gasteiger partial charge < -0.3 is 5.32 Å². The zero-order valence-electron chi connectivity index (χ0n) is 14.7. The Balaban J connectivity index is 1.69. The molecule has 0 amide bonds. The highest BCUT2D eigenvalue weighted by Crippen LogP contribution is 2.32. The molecule has 4 aromatic rings. The maximum Gasteiger partial charge on any atom is 0.161 e. The van der Waals surface area contributed by atoms with Gasteiger partial charge in [-0.1, -0.05) is 40.6 Å². The minimum absolute atomic E-state index is 0.377. The third-order valence-corrected chi connectivity index (χ3v) is 5.69. The van der Waals surface area contributed by atoms with E-state index in [0.29, 0.717) is 45.0 Å². The summed E-state index contributed by atoms with van der Waals surface area (Å²) in [6.45, 7) is 1.22. The van der Waals surface area contributed by atoms with E-state index in [0.717, 1.165) is 15.4 Å². The molecule has 1 N–H and O–H groups in total. The topological polar surface area (TPSA) is 63.6 Å². The van der Waals surface area contributed by atoms with Crippen LogP contribution in [0.5, 0.6) is 0 Å². The molecule has 142 valence electrons. The summed E-state index contributed by atoms with van der Waals surface area (Å²) in [6, 6.07) is 8.80. The predicted molar refractivity (Wildman–Crippen MR) is 112 cm³/mol. The number of hydrogen-bond acceptors (Lipinski definition) is 6. The van der Waals surface area contributed by atoms with Crippen LogP contribution in [0, 0.1) is 6.92 Å². The molecule has 0 radical (unpaired) electrons. The fraction of sp³-hybridized carbons (Fsp3) is 0.158. The highest BCUT2D eigenvalue weighted by molar-refractivity contribution is 7.18. The maximum absolute atomic E-state index is 12.7. The highest BCUT2D eigenvalue weighted by atomic mass is 35.5. The first-order chi connectivity index (χ1) is 13.5. The van der Waals surface area contributed by atoms with Crippen molar-refractivity contribution in [2.24, 2.45) is 0 Å². The highest BCUT2D eigenvalue weighted by Gasteiger charge is 2.15. The number of pyridine rings is 1. The van der Waals surface area contributed by atoms with Crippen LogP contribution in [0.1, 0.15) is 22.1 Å². The quantitative estimate of drug-likeness (QED) is 0.424. The molecule has 9 heteroatoms. The van der Waals surface area contributed by atoms with Gasteiger partial charge in [0.15, 0.2) is 5.82 Å². The van der Waals surface area contributed by atoms with Crippen molar-refractivity contribution in [1.82, 2.24) is 19.9 Å². The van der Waals surface area contributed by atoms with E-state index < -0.39 is 6.67 Å². The van der Waals surface area contributed by atoms with E-state index in [1.54, 1.807) is 30.5 Å².